The van der Waals surface area contributed by atoms with Gasteiger partial charge in [-0.15, -0.1) is 0 Å². The van der Waals surface area contributed by atoms with Crippen LogP contribution in [0.1, 0.15) is 19.4 Å². The summed E-state index contributed by atoms with van der Waals surface area (Å²) in [6.45, 7) is 4.43. The van der Waals surface area contributed by atoms with Crippen LogP contribution in [0.4, 0.5) is 0 Å². The highest BCUT2D eigenvalue weighted by molar-refractivity contribution is 7.99. The maximum absolute atomic E-state index is 5.15. The standard InChI is InChI=1S/C11H16OS/c1-9(2)13-8-10-5-4-6-11(7-10)12-3/h4-7,9H,8H2,1-3H3. The van der Waals surface area contributed by atoms with E-state index in [4.69, 9.17) is 4.74 Å². The molecule has 1 aromatic rings. The first kappa shape index (κ1) is 10.5. The molecule has 0 N–H and O–H groups in total. The third-order valence-corrected chi connectivity index (χ3v) is 2.88. The van der Waals surface area contributed by atoms with Crippen LogP contribution in [0.2, 0.25) is 0 Å². The van der Waals surface area contributed by atoms with Gasteiger partial charge in [0, 0.05) is 5.75 Å². The Hall–Kier alpha value is -0.630. The van der Waals surface area contributed by atoms with Gasteiger partial charge < -0.3 is 4.74 Å². The fourth-order valence-electron chi connectivity index (χ4n) is 1.03. The Morgan fingerprint density at radius 3 is 2.77 bits per heavy atom. The van der Waals surface area contributed by atoms with Crippen molar-refractivity contribution in [2.24, 2.45) is 0 Å². The van der Waals surface area contributed by atoms with Gasteiger partial charge in [0.25, 0.3) is 0 Å². The molecule has 0 saturated heterocycles. The molecule has 1 aromatic carbocycles. The zero-order valence-electron chi connectivity index (χ0n) is 8.41. The minimum atomic E-state index is 0.686. The summed E-state index contributed by atoms with van der Waals surface area (Å²) in [5, 5.41) is 0.686. The number of hydrogen-bond acceptors (Lipinski definition) is 2. The summed E-state index contributed by atoms with van der Waals surface area (Å²) in [4.78, 5) is 0. The zero-order chi connectivity index (χ0) is 9.68. The van der Waals surface area contributed by atoms with Crippen molar-refractivity contribution in [3.05, 3.63) is 29.8 Å². The van der Waals surface area contributed by atoms with Gasteiger partial charge in [-0.3, -0.25) is 0 Å². The minimum Gasteiger partial charge on any atom is -0.497 e. The van der Waals surface area contributed by atoms with Crippen molar-refractivity contribution in [2.75, 3.05) is 7.11 Å². The van der Waals surface area contributed by atoms with E-state index < -0.39 is 0 Å². The molecule has 13 heavy (non-hydrogen) atoms. The minimum absolute atomic E-state index is 0.686. The van der Waals surface area contributed by atoms with E-state index in [1.54, 1.807) is 7.11 Å². The summed E-state index contributed by atoms with van der Waals surface area (Å²) in [7, 11) is 1.70. The maximum Gasteiger partial charge on any atom is 0.119 e. The van der Waals surface area contributed by atoms with Crippen molar-refractivity contribution < 1.29 is 4.74 Å². The summed E-state index contributed by atoms with van der Waals surface area (Å²) in [6, 6.07) is 8.24. The van der Waals surface area contributed by atoms with Crippen LogP contribution < -0.4 is 4.74 Å². The van der Waals surface area contributed by atoms with Crippen molar-refractivity contribution in [1.29, 1.82) is 0 Å². The summed E-state index contributed by atoms with van der Waals surface area (Å²) < 4.78 is 5.15. The Morgan fingerprint density at radius 2 is 2.15 bits per heavy atom. The lowest BCUT2D eigenvalue weighted by Gasteiger charge is -2.06. The van der Waals surface area contributed by atoms with Gasteiger partial charge in [0.1, 0.15) is 5.75 Å². The molecule has 0 saturated carbocycles. The Morgan fingerprint density at radius 1 is 1.38 bits per heavy atom. The third kappa shape index (κ3) is 3.73. The molecule has 0 aromatic heterocycles. The van der Waals surface area contributed by atoms with Gasteiger partial charge in [0.05, 0.1) is 7.11 Å². The first-order valence-electron chi connectivity index (χ1n) is 4.47. The SMILES string of the molecule is COc1cccc(CSC(C)C)c1. The largest absolute Gasteiger partial charge is 0.497 e. The molecular weight excluding hydrogens is 180 g/mol. The lowest BCUT2D eigenvalue weighted by Crippen LogP contribution is -1.90. The van der Waals surface area contributed by atoms with E-state index in [0.717, 1.165) is 11.5 Å². The quantitative estimate of drug-likeness (QED) is 0.730. The number of thioether (sulfide) groups is 1. The average molecular weight is 196 g/mol. The predicted molar refractivity (Wildman–Crippen MR) is 59.4 cm³/mol. The maximum atomic E-state index is 5.15. The highest BCUT2D eigenvalue weighted by Gasteiger charge is 1.98. The number of hydrogen-bond donors (Lipinski definition) is 0. The van der Waals surface area contributed by atoms with Crippen LogP contribution >= 0.6 is 11.8 Å². The van der Waals surface area contributed by atoms with Gasteiger partial charge in [0.2, 0.25) is 0 Å². The molecule has 0 heterocycles. The lowest BCUT2D eigenvalue weighted by molar-refractivity contribution is 0.414. The lowest BCUT2D eigenvalue weighted by atomic mass is 10.2. The monoisotopic (exact) mass is 196 g/mol. The van der Waals surface area contributed by atoms with E-state index in [1.165, 1.54) is 5.56 Å². The first-order valence-corrected chi connectivity index (χ1v) is 5.52. The second-order valence-corrected chi connectivity index (χ2v) is 4.78. The molecule has 0 aliphatic carbocycles. The molecule has 0 fully saturated rings. The highest BCUT2D eigenvalue weighted by atomic mass is 32.2. The second kappa shape index (κ2) is 5.18. The van der Waals surface area contributed by atoms with Gasteiger partial charge in [-0.25, -0.2) is 0 Å². The van der Waals surface area contributed by atoms with E-state index in [9.17, 15) is 0 Å². The number of ether oxygens (including phenoxy) is 1. The van der Waals surface area contributed by atoms with Crippen LogP contribution in [0, 0.1) is 0 Å². The molecule has 0 aliphatic rings. The molecule has 0 aliphatic heterocycles. The van der Waals surface area contributed by atoms with E-state index in [2.05, 4.69) is 26.0 Å². The van der Waals surface area contributed by atoms with E-state index in [-0.39, 0.29) is 0 Å². The zero-order valence-corrected chi connectivity index (χ0v) is 9.23. The Bertz CT molecular complexity index is 258. The average Bonchev–Trinajstić information content (AvgIpc) is 2.15. The Balaban J connectivity index is 2.56. The first-order chi connectivity index (χ1) is 6.22. The highest BCUT2D eigenvalue weighted by Crippen LogP contribution is 2.20. The fraction of sp³-hybridized carbons (Fsp3) is 0.455. The Labute approximate surface area is 84.5 Å². The molecule has 0 atom stereocenters. The van der Waals surface area contributed by atoms with E-state index >= 15 is 0 Å². The summed E-state index contributed by atoms with van der Waals surface area (Å²) >= 11 is 1.95. The molecule has 0 bridgehead atoms. The van der Waals surface area contributed by atoms with E-state index in [1.807, 2.05) is 23.9 Å². The van der Waals surface area contributed by atoms with Crippen molar-refractivity contribution in [1.82, 2.24) is 0 Å². The molecule has 0 spiro atoms. The predicted octanol–water partition coefficient (Wildman–Crippen LogP) is 3.34. The van der Waals surface area contributed by atoms with Gasteiger partial charge >= 0.3 is 0 Å². The van der Waals surface area contributed by atoms with Crippen LogP contribution in [0.15, 0.2) is 24.3 Å². The summed E-state index contributed by atoms with van der Waals surface area (Å²) in [5.74, 6) is 2.01. The molecule has 1 nitrogen and oxygen atoms in total. The van der Waals surface area contributed by atoms with E-state index in [0.29, 0.717) is 5.25 Å². The van der Waals surface area contributed by atoms with Crippen LogP contribution in [0.3, 0.4) is 0 Å². The van der Waals surface area contributed by atoms with Crippen molar-refractivity contribution in [3.8, 4) is 5.75 Å². The van der Waals surface area contributed by atoms with Gasteiger partial charge in [0.15, 0.2) is 0 Å². The third-order valence-electron chi connectivity index (χ3n) is 1.72. The van der Waals surface area contributed by atoms with Crippen LogP contribution in [0.25, 0.3) is 0 Å². The van der Waals surface area contributed by atoms with Gasteiger partial charge in [-0.05, 0) is 22.9 Å². The molecule has 0 unspecified atom stereocenters. The number of rotatable bonds is 4. The normalized spacial score (nSPS) is 10.5. The molecule has 72 valence electrons. The summed E-state index contributed by atoms with van der Waals surface area (Å²) in [5.41, 5.74) is 1.33. The van der Waals surface area contributed by atoms with Crippen molar-refractivity contribution in [2.45, 2.75) is 24.9 Å². The van der Waals surface area contributed by atoms with Crippen molar-refractivity contribution >= 4 is 11.8 Å². The van der Waals surface area contributed by atoms with Crippen molar-refractivity contribution in [3.63, 3.8) is 0 Å². The smallest absolute Gasteiger partial charge is 0.119 e. The van der Waals surface area contributed by atoms with Gasteiger partial charge in [-0.2, -0.15) is 11.8 Å². The molecular formula is C11H16OS. The molecule has 2 heteroatoms. The molecule has 1 rings (SSSR count). The summed E-state index contributed by atoms with van der Waals surface area (Å²) in [6.07, 6.45) is 0. The topological polar surface area (TPSA) is 9.23 Å². The molecule has 0 radical (unpaired) electrons. The number of benzene rings is 1. The van der Waals surface area contributed by atoms with Crippen LogP contribution in [-0.2, 0) is 5.75 Å². The number of methoxy groups -OCH3 is 1. The fourth-order valence-corrected chi connectivity index (χ4v) is 1.73. The molecule has 0 amide bonds. The van der Waals surface area contributed by atoms with Crippen LogP contribution in [-0.4, -0.2) is 12.4 Å². The second-order valence-electron chi connectivity index (χ2n) is 3.21. The van der Waals surface area contributed by atoms with Gasteiger partial charge in [-0.1, -0.05) is 26.0 Å². The van der Waals surface area contributed by atoms with Crippen LogP contribution in [0.5, 0.6) is 5.75 Å². The Kier molecular flexibility index (Phi) is 4.16.